The summed E-state index contributed by atoms with van der Waals surface area (Å²) >= 11 is 0. The van der Waals surface area contributed by atoms with Crippen LogP contribution in [0, 0.1) is 11.3 Å². The van der Waals surface area contributed by atoms with E-state index in [1.807, 2.05) is 26.8 Å². The Kier molecular flexibility index (Phi) is 9.10. The summed E-state index contributed by atoms with van der Waals surface area (Å²) in [5.41, 5.74) is 1.48. The molecule has 2 amide bonds. The summed E-state index contributed by atoms with van der Waals surface area (Å²) in [5, 5.41) is 13.0. The molecule has 0 radical (unpaired) electrons. The molecule has 12 heteroatoms. The molecule has 0 bridgehead atoms. The van der Waals surface area contributed by atoms with Crippen LogP contribution in [0.3, 0.4) is 0 Å². The summed E-state index contributed by atoms with van der Waals surface area (Å²) in [6, 6.07) is 12.6. The van der Waals surface area contributed by atoms with Gasteiger partial charge in [0.15, 0.2) is 0 Å². The van der Waals surface area contributed by atoms with Gasteiger partial charge in [-0.15, -0.1) is 0 Å². The number of piperidine rings is 1. The number of hydrogen-bond donors (Lipinski definition) is 1. The predicted octanol–water partition coefficient (Wildman–Crippen LogP) is 4.64. The van der Waals surface area contributed by atoms with Gasteiger partial charge in [0, 0.05) is 51.7 Å². The summed E-state index contributed by atoms with van der Waals surface area (Å²) < 4.78 is 16.9. The maximum absolute atomic E-state index is 12.4. The fourth-order valence-corrected chi connectivity index (χ4v) is 4.33. The second kappa shape index (κ2) is 12.7. The first-order valence-corrected chi connectivity index (χ1v) is 13.5. The Balaban J connectivity index is 1.44. The van der Waals surface area contributed by atoms with Crippen molar-refractivity contribution in [3.05, 3.63) is 53.9 Å². The van der Waals surface area contributed by atoms with Crippen LogP contribution in [0.1, 0.15) is 49.5 Å². The average Bonchev–Trinajstić information content (AvgIpc) is 2.96. The third-order valence-electron chi connectivity index (χ3n) is 6.40. The molecule has 0 aliphatic carbocycles. The Hall–Kier alpha value is -4.92. The molecule has 2 aromatic heterocycles. The molecule has 1 fully saturated rings. The van der Waals surface area contributed by atoms with Gasteiger partial charge in [0.2, 0.25) is 5.88 Å². The lowest BCUT2D eigenvalue weighted by Gasteiger charge is -2.33. The Morgan fingerprint density at radius 2 is 1.81 bits per heavy atom. The highest BCUT2D eigenvalue weighted by molar-refractivity contribution is 5.96. The summed E-state index contributed by atoms with van der Waals surface area (Å²) in [6.45, 7) is 6.57. The lowest BCUT2D eigenvalue weighted by Crippen LogP contribution is -2.44. The number of aromatic nitrogens is 3. The van der Waals surface area contributed by atoms with E-state index in [0.29, 0.717) is 65.7 Å². The normalized spacial score (nSPS) is 13.6. The number of likely N-dealkylation sites (tertiary alicyclic amines) is 1. The van der Waals surface area contributed by atoms with Gasteiger partial charge in [-0.3, -0.25) is 4.79 Å². The Morgan fingerprint density at radius 1 is 1.07 bits per heavy atom. The third-order valence-corrected chi connectivity index (χ3v) is 6.40. The van der Waals surface area contributed by atoms with E-state index < -0.39 is 5.60 Å². The number of ether oxygens (including phenoxy) is 3. The summed E-state index contributed by atoms with van der Waals surface area (Å²) in [5.74, 6) is 1.36. The largest absolute Gasteiger partial charge is 0.489 e. The number of hydrogen-bond acceptors (Lipinski definition) is 10. The van der Waals surface area contributed by atoms with E-state index in [2.05, 4.69) is 26.3 Å². The van der Waals surface area contributed by atoms with Crippen LogP contribution in [0.5, 0.6) is 11.6 Å². The van der Waals surface area contributed by atoms with Gasteiger partial charge in [-0.25, -0.2) is 14.8 Å². The van der Waals surface area contributed by atoms with E-state index in [9.17, 15) is 14.9 Å². The zero-order chi connectivity index (χ0) is 30.4. The number of anilines is 2. The minimum absolute atomic E-state index is 0.125. The monoisotopic (exact) mass is 573 g/mol. The van der Waals surface area contributed by atoms with Crippen molar-refractivity contribution >= 4 is 23.6 Å². The van der Waals surface area contributed by atoms with Gasteiger partial charge >= 0.3 is 6.09 Å². The molecule has 0 unspecified atom stereocenters. The van der Waals surface area contributed by atoms with Crippen LogP contribution in [0.2, 0.25) is 0 Å². The van der Waals surface area contributed by atoms with E-state index in [0.717, 1.165) is 0 Å². The van der Waals surface area contributed by atoms with Crippen LogP contribution < -0.4 is 14.8 Å². The second-order valence-corrected chi connectivity index (χ2v) is 11.0. The van der Waals surface area contributed by atoms with Crippen LogP contribution in [-0.2, 0) is 4.74 Å². The molecule has 1 aliphatic rings. The molecular weight excluding hydrogens is 538 g/mol. The van der Waals surface area contributed by atoms with E-state index in [-0.39, 0.29) is 24.0 Å². The van der Waals surface area contributed by atoms with Crippen molar-refractivity contribution in [2.24, 2.45) is 0 Å². The maximum Gasteiger partial charge on any atom is 0.410 e. The number of benzene rings is 1. The highest BCUT2D eigenvalue weighted by Gasteiger charge is 2.28. The molecule has 3 aromatic rings. The zero-order valence-corrected chi connectivity index (χ0v) is 24.7. The Bertz CT molecular complexity index is 1490. The first kappa shape index (κ1) is 30.0. The summed E-state index contributed by atoms with van der Waals surface area (Å²) in [4.78, 5) is 40.9. The van der Waals surface area contributed by atoms with Crippen molar-refractivity contribution in [2.75, 3.05) is 39.6 Å². The van der Waals surface area contributed by atoms with E-state index in [4.69, 9.17) is 14.2 Å². The Morgan fingerprint density at radius 3 is 2.45 bits per heavy atom. The quantitative estimate of drug-likeness (QED) is 0.424. The maximum atomic E-state index is 12.4. The molecule has 42 heavy (non-hydrogen) atoms. The molecule has 0 atom stereocenters. The third kappa shape index (κ3) is 7.42. The fourth-order valence-electron chi connectivity index (χ4n) is 4.33. The van der Waals surface area contributed by atoms with Crippen molar-refractivity contribution < 1.29 is 23.8 Å². The summed E-state index contributed by atoms with van der Waals surface area (Å²) in [6.07, 6.45) is 2.23. The number of carbonyl (C=O) groups is 2. The SMILES string of the molecule is COc1nc(Nc2cc(-c3ccc(OC4CCN(C(=O)OC(C)(C)C)CC4)c(C#N)c3)ncn2)ccc1C(=O)N(C)C. The van der Waals surface area contributed by atoms with Gasteiger partial charge < -0.3 is 29.3 Å². The second-order valence-electron chi connectivity index (χ2n) is 11.0. The van der Waals surface area contributed by atoms with Crippen LogP contribution in [0.4, 0.5) is 16.4 Å². The number of pyridine rings is 1. The van der Waals surface area contributed by atoms with Gasteiger partial charge in [0.05, 0.1) is 18.4 Å². The van der Waals surface area contributed by atoms with Gasteiger partial charge in [-0.2, -0.15) is 10.2 Å². The first-order chi connectivity index (χ1) is 20.0. The number of methoxy groups -OCH3 is 1. The molecule has 220 valence electrons. The molecular formula is C30H35N7O5. The van der Waals surface area contributed by atoms with Crippen molar-refractivity contribution in [1.29, 1.82) is 5.26 Å². The van der Waals surface area contributed by atoms with Gasteiger partial charge in [0.1, 0.15) is 47.1 Å². The summed E-state index contributed by atoms with van der Waals surface area (Å²) in [7, 11) is 4.77. The van der Waals surface area contributed by atoms with Crippen LogP contribution in [-0.4, -0.2) is 82.8 Å². The molecule has 0 spiro atoms. The number of amides is 2. The number of nitrogens with one attached hydrogen (secondary N) is 1. The number of nitrogens with zero attached hydrogens (tertiary/aromatic N) is 6. The Labute approximate surface area is 245 Å². The van der Waals surface area contributed by atoms with E-state index >= 15 is 0 Å². The van der Waals surface area contributed by atoms with Crippen molar-refractivity contribution in [1.82, 2.24) is 24.8 Å². The molecule has 1 aromatic carbocycles. The first-order valence-electron chi connectivity index (χ1n) is 13.5. The van der Waals surface area contributed by atoms with Crippen LogP contribution in [0.15, 0.2) is 42.7 Å². The number of nitriles is 1. The van der Waals surface area contributed by atoms with Crippen molar-refractivity contribution in [2.45, 2.75) is 45.3 Å². The minimum atomic E-state index is -0.544. The predicted molar refractivity (Wildman–Crippen MR) is 156 cm³/mol. The van der Waals surface area contributed by atoms with Gasteiger partial charge in [0.25, 0.3) is 5.91 Å². The van der Waals surface area contributed by atoms with Crippen molar-refractivity contribution in [3.63, 3.8) is 0 Å². The lowest BCUT2D eigenvalue weighted by atomic mass is 10.1. The van der Waals surface area contributed by atoms with Crippen LogP contribution in [0.25, 0.3) is 11.3 Å². The van der Waals surface area contributed by atoms with E-state index in [1.165, 1.54) is 18.3 Å². The molecule has 1 saturated heterocycles. The average molecular weight is 574 g/mol. The molecule has 1 aliphatic heterocycles. The van der Waals surface area contributed by atoms with Crippen LogP contribution >= 0.6 is 0 Å². The van der Waals surface area contributed by atoms with E-state index in [1.54, 1.807) is 49.3 Å². The molecule has 12 nitrogen and oxygen atoms in total. The van der Waals surface area contributed by atoms with Crippen molar-refractivity contribution in [3.8, 4) is 29.0 Å². The minimum Gasteiger partial charge on any atom is -0.489 e. The highest BCUT2D eigenvalue weighted by Crippen LogP contribution is 2.29. The lowest BCUT2D eigenvalue weighted by molar-refractivity contribution is 0.0126. The topological polar surface area (TPSA) is 143 Å². The van der Waals surface area contributed by atoms with Gasteiger partial charge in [-0.1, -0.05) is 0 Å². The molecule has 4 rings (SSSR count). The fraction of sp³-hybridized carbons (Fsp3) is 0.400. The highest BCUT2D eigenvalue weighted by atomic mass is 16.6. The molecule has 3 heterocycles. The number of carbonyl (C=O) groups excluding carboxylic acids is 2. The smallest absolute Gasteiger partial charge is 0.410 e. The number of rotatable bonds is 7. The van der Waals surface area contributed by atoms with Gasteiger partial charge in [-0.05, 0) is 51.1 Å². The standard InChI is InChI=1S/C30H35N7O5/c1-30(2,3)42-29(39)37-13-11-21(12-14-37)41-24-9-7-19(15-20(24)17-31)23-16-26(33-18-32-23)34-25-10-8-22(27(35-25)40-6)28(38)36(4)5/h7-10,15-16,18,21H,11-14H2,1-6H3,(H,32,33,34,35). The molecule has 1 N–H and O–H groups in total. The zero-order valence-electron chi connectivity index (χ0n) is 24.7. The molecule has 0 saturated carbocycles.